The fourth-order valence-corrected chi connectivity index (χ4v) is 2.80. The Morgan fingerprint density at radius 3 is 2.19 bits per heavy atom. The molecule has 3 heteroatoms. The average Bonchev–Trinajstić information content (AvgIpc) is 2.15. The van der Waals surface area contributed by atoms with Gasteiger partial charge in [0, 0.05) is 0 Å². The molecule has 2 aliphatic rings. The van der Waals surface area contributed by atoms with Crippen LogP contribution in [-0.2, 0) is 9.53 Å². The Labute approximate surface area is 97.7 Å². The van der Waals surface area contributed by atoms with Gasteiger partial charge < -0.3 is 10.5 Å². The standard InChI is InChI=1S/C13H23NO2/c1-12(2,14)11(15)16-10-4-8-13(9-5-10)6-3-7-13/h10H,3-9,14H2,1-2H3. The monoisotopic (exact) mass is 225 g/mol. The van der Waals surface area contributed by atoms with Crippen LogP contribution < -0.4 is 5.73 Å². The van der Waals surface area contributed by atoms with E-state index in [4.69, 9.17) is 10.5 Å². The van der Waals surface area contributed by atoms with Gasteiger partial charge in [-0.05, 0) is 57.8 Å². The van der Waals surface area contributed by atoms with Gasteiger partial charge >= 0.3 is 5.97 Å². The van der Waals surface area contributed by atoms with Crippen molar-refractivity contribution in [1.29, 1.82) is 0 Å². The van der Waals surface area contributed by atoms with Crippen molar-refractivity contribution in [3.63, 3.8) is 0 Å². The van der Waals surface area contributed by atoms with Gasteiger partial charge in [-0.2, -0.15) is 0 Å². The molecule has 2 N–H and O–H groups in total. The van der Waals surface area contributed by atoms with E-state index in [0.29, 0.717) is 5.41 Å². The van der Waals surface area contributed by atoms with E-state index in [1.165, 1.54) is 32.1 Å². The maximum Gasteiger partial charge on any atom is 0.325 e. The normalized spacial score (nSPS) is 25.2. The molecule has 0 amide bonds. The van der Waals surface area contributed by atoms with Gasteiger partial charge in [-0.3, -0.25) is 4.79 Å². The molecule has 0 unspecified atom stereocenters. The number of ether oxygens (including phenoxy) is 1. The second kappa shape index (κ2) is 4.02. The third-order valence-electron chi connectivity index (χ3n) is 4.21. The summed E-state index contributed by atoms with van der Waals surface area (Å²) in [5.41, 5.74) is 5.48. The highest BCUT2D eigenvalue weighted by atomic mass is 16.5. The number of carbonyl (C=O) groups excluding carboxylic acids is 1. The Hall–Kier alpha value is -0.570. The van der Waals surface area contributed by atoms with Crippen molar-refractivity contribution in [3.05, 3.63) is 0 Å². The van der Waals surface area contributed by atoms with Crippen LogP contribution in [-0.4, -0.2) is 17.6 Å². The summed E-state index contributed by atoms with van der Waals surface area (Å²) in [6.07, 6.45) is 8.80. The Morgan fingerprint density at radius 2 is 1.81 bits per heavy atom. The Bertz CT molecular complexity index is 266. The predicted molar refractivity (Wildman–Crippen MR) is 62.9 cm³/mol. The Balaban J connectivity index is 1.79. The third-order valence-corrected chi connectivity index (χ3v) is 4.21. The smallest absolute Gasteiger partial charge is 0.325 e. The molecule has 3 nitrogen and oxygen atoms in total. The van der Waals surface area contributed by atoms with Crippen molar-refractivity contribution in [2.24, 2.45) is 11.1 Å². The molecule has 92 valence electrons. The zero-order valence-corrected chi connectivity index (χ0v) is 10.4. The molecule has 0 aromatic rings. The van der Waals surface area contributed by atoms with Gasteiger partial charge in [0.1, 0.15) is 11.6 Å². The lowest BCUT2D eigenvalue weighted by Crippen LogP contribution is -2.45. The van der Waals surface area contributed by atoms with E-state index >= 15 is 0 Å². The fraction of sp³-hybridized carbons (Fsp3) is 0.923. The lowest BCUT2D eigenvalue weighted by Gasteiger charge is -2.46. The maximum atomic E-state index is 11.6. The molecule has 0 atom stereocenters. The van der Waals surface area contributed by atoms with Crippen LogP contribution in [0.2, 0.25) is 0 Å². The highest BCUT2D eigenvalue weighted by Gasteiger charge is 2.41. The second-order valence-electron chi connectivity index (χ2n) is 6.18. The number of hydrogen-bond acceptors (Lipinski definition) is 3. The molecule has 2 rings (SSSR count). The van der Waals surface area contributed by atoms with Crippen LogP contribution >= 0.6 is 0 Å². The third kappa shape index (κ3) is 2.40. The van der Waals surface area contributed by atoms with Gasteiger partial charge in [-0.25, -0.2) is 0 Å². The Morgan fingerprint density at radius 1 is 1.25 bits per heavy atom. The minimum Gasteiger partial charge on any atom is -0.461 e. The molecule has 0 aromatic heterocycles. The van der Waals surface area contributed by atoms with E-state index < -0.39 is 5.54 Å². The first-order valence-electron chi connectivity index (χ1n) is 6.41. The van der Waals surface area contributed by atoms with E-state index in [1.54, 1.807) is 13.8 Å². The first kappa shape index (κ1) is 11.9. The van der Waals surface area contributed by atoms with E-state index in [1.807, 2.05) is 0 Å². The summed E-state index contributed by atoms with van der Waals surface area (Å²) in [6.45, 7) is 3.40. The van der Waals surface area contributed by atoms with Crippen molar-refractivity contribution in [1.82, 2.24) is 0 Å². The summed E-state index contributed by atoms with van der Waals surface area (Å²) >= 11 is 0. The van der Waals surface area contributed by atoms with Gasteiger partial charge in [0.25, 0.3) is 0 Å². The van der Waals surface area contributed by atoms with Gasteiger partial charge in [0.2, 0.25) is 0 Å². The van der Waals surface area contributed by atoms with E-state index in [2.05, 4.69) is 0 Å². The molecule has 0 radical (unpaired) electrons. The minimum absolute atomic E-state index is 0.113. The van der Waals surface area contributed by atoms with Crippen LogP contribution in [0.4, 0.5) is 0 Å². The van der Waals surface area contributed by atoms with Crippen molar-refractivity contribution < 1.29 is 9.53 Å². The second-order valence-corrected chi connectivity index (χ2v) is 6.18. The summed E-state index contributed by atoms with van der Waals surface area (Å²) < 4.78 is 5.45. The number of rotatable bonds is 2. The molecular formula is C13H23NO2. The molecule has 2 fully saturated rings. The molecule has 16 heavy (non-hydrogen) atoms. The minimum atomic E-state index is -0.856. The molecular weight excluding hydrogens is 202 g/mol. The zero-order valence-electron chi connectivity index (χ0n) is 10.4. The molecule has 0 bridgehead atoms. The first-order valence-corrected chi connectivity index (χ1v) is 6.41. The maximum absolute atomic E-state index is 11.6. The van der Waals surface area contributed by atoms with Crippen LogP contribution in [0.5, 0.6) is 0 Å². The topological polar surface area (TPSA) is 52.3 Å². The van der Waals surface area contributed by atoms with Crippen LogP contribution in [0, 0.1) is 5.41 Å². The van der Waals surface area contributed by atoms with Gasteiger partial charge in [0.05, 0.1) is 0 Å². The van der Waals surface area contributed by atoms with E-state index in [-0.39, 0.29) is 12.1 Å². The summed E-state index contributed by atoms with van der Waals surface area (Å²) in [7, 11) is 0. The summed E-state index contributed by atoms with van der Waals surface area (Å²) in [4.78, 5) is 11.6. The van der Waals surface area contributed by atoms with Crippen LogP contribution in [0.15, 0.2) is 0 Å². The van der Waals surface area contributed by atoms with Crippen LogP contribution in [0.25, 0.3) is 0 Å². The lowest BCUT2D eigenvalue weighted by molar-refractivity contribution is -0.158. The summed E-state index contributed by atoms with van der Waals surface area (Å²) in [5, 5.41) is 0. The van der Waals surface area contributed by atoms with Crippen molar-refractivity contribution in [2.75, 3.05) is 0 Å². The molecule has 1 spiro atoms. The van der Waals surface area contributed by atoms with Gasteiger partial charge in [-0.1, -0.05) is 6.42 Å². The fourth-order valence-electron chi connectivity index (χ4n) is 2.80. The SMILES string of the molecule is CC(C)(N)C(=O)OC1CCC2(CCC2)CC1. The molecule has 0 heterocycles. The summed E-state index contributed by atoms with van der Waals surface area (Å²) in [6, 6.07) is 0. The van der Waals surface area contributed by atoms with Crippen molar-refractivity contribution in [3.8, 4) is 0 Å². The highest BCUT2D eigenvalue weighted by molar-refractivity contribution is 5.79. The summed E-state index contributed by atoms with van der Waals surface area (Å²) in [5.74, 6) is -0.262. The zero-order chi connectivity index (χ0) is 11.8. The number of carbonyl (C=O) groups is 1. The van der Waals surface area contributed by atoms with Crippen LogP contribution in [0.1, 0.15) is 58.8 Å². The molecule has 0 aromatic carbocycles. The Kier molecular flexibility index (Phi) is 2.99. The highest BCUT2D eigenvalue weighted by Crippen LogP contribution is 2.51. The molecule has 2 saturated carbocycles. The largest absolute Gasteiger partial charge is 0.461 e. The molecule has 0 saturated heterocycles. The van der Waals surface area contributed by atoms with Crippen LogP contribution in [0.3, 0.4) is 0 Å². The molecule has 0 aliphatic heterocycles. The van der Waals surface area contributed by atoms with Gasteiger partial charge in [-0.15, -0.1) is 0 Å². The van der Waals surface area contributed by atoms with E-state index in [9.17, 15) is 4.79 Å². The number of esters is 1. The van der Waals surface area contributed by atoms with Crippen molar-refractivity contribution in [2.45, 2.75) is 70.4 Å². The van der Waals surface area contributed by atoms with E-state index in [0.717, 1.165) is 12.8 Å². The molecule has 2 aliphatic carbocycles. The first-order chi connectivity index (χ1) is 7.41. The number of nitrogens with two attached hydrogens (primary N) is 1. The average molecular weight is 225 g/mol. The predicted octanol–water partition coefficient (Wildman–Crippen LogP) is 2.38. The van der Waals surface area contributed by atoms with Gasteiger partial charge in [0.15, 0.2) is 0 Å². The lowest BCUT2D eigenvalue weighted by atomic mass is 9.60. The quantitative estimate of drug-likeness (QED) is 0.734. The number of hydrogen-bond donors (Lipinski definition) is 1. The van der Waals surface area contributed by atoms with Crippen molar-refractivity contribution >= 4 is 5.97 Å².